The van der Waals surface area contributed by atoms with Crippen LogP contribution in [0.1, 0.15) is 72.2 Å². The summed E-state index contributed by atoms with van der Waals surface area (Å²) < 4.78 is 37.8. The minimum Gasteiger partial charge on any atom is -0.468 e. The number of amidine groups is 1. The van der Waals surface area contributed by atoms with Crippen LogP contribution in [0, 0.1) is 11.8 Å². The molecule has 3 heterocycles. The van der Waals surface area contributed by atoms with Gasteiger partial charge in [-0.05, 0) is 44.4 Å². The molecule has 18 heteroatoms. The van der Waals surface area contributed by atoms with Gasteiger partial charge in [0.25, 0.3) is 0 Å². The Bertz CT molecular complexity index is 1280. The van der Waals surface area contributed by atoms with Crippen molar-refractivity contribution in [3.8, 4) is 0 Å². The van der Waals surface area contributed by atoms with Gasteiger partial charge in [0.05, 0.1) is 27.2 Å². The molecule has 0 bridgehead atoms. The van der Waals surface area contributed by atoms with E-state index in [4.69, 9.17) is 24.5 Å². The quantitative estimate of drug-likeness (QED) is 0.0995. The van der Waals surface area contributed by atoms with E-state index in [0.717, 1.165) is 12.8 Å². The van der Waals surface area contributed by atoms with Crippen molar-refractivity contribution in [2.75, 3.05) is 26.1 Å². The number of ether oxygens (including phenoxy) is 3. The molecule has 5 unspecified atom stereocenters. The van der Waals surface area contributed by atoms with Crippen LogP contribution in [0.5, 0.6) is 0 Å². The Balaban J connectivity index is 1.58. The lowest BCUT2D eigenvalue weighted by Gasteiger charge is -2.30. The Morgan fingerprint density at radius 2 is 1.72 bits per heavy atom. The molecule has 2 aliphatic heterocycles. The van der Waals surface area contributed by atoms with Crippen molar-refractivity contribution in [1.82, 2.24) is 25.0 Å². The van der Waals surface area contributed by atoms with Crippen molar-refractivity contribution >= 4 is 31.3 Å². The molecule has 0 radical (unpaired) electrons. The first kappa shape index (κ1) is 36.2. The van der Waals surface area contributed by atoms with E-state index >= 15 is 0 Å². The van der Waals surface area contributed by atoms with E-state index in [1.54, 1.807) is 0 Å². The zero-order valence-electron chi connectivity index (χ0n) is 27.4. The van der Waals surface area contributed by atoms with E-state index in [0.29, 0.717) is 17.3 Å². The maximum absolute atomic E-state index is 14.4. The number of anilines is 1. The third-order valence-corrected chi connectivity index (χ3v) is 9.77. The van der Waals surface area contributed by atoms with Gasteiger partial charge in [-0.1, -0.05) is 27.7 Å². The van der Waals surface area contributed by atoms with Gasteiger partial charge in [0.2, 0.25) is 0 Å². The van der Waals surface area contributed by atoms with Gasteiger partial charge in [0.15, 0.2) is 18.4 Å². The van der Waals surface area contributed by atoms with E-state index in [-0.39, 0.29) is 30.7 Å². The van der Waals surface area contributed by atoms with Gasteiger partial charge in [-0.3, -0.25) is 24.5 Å². The Labute approximate surface area is 268 Å². The lowest BCUT2D eigenvalue weighted by molar-refractivity contribution is -0.143. The number of aliphatic hydroxyl groups is 2. The summed E-state index contributed by atoms with van der Waals surface area (Å²) in [7, 11) is -1.84. The van der Waals surface area contributed by atoms with Gasteiger partial charge in [0.1, 0.15) is 41.4 Å². The molecule has 1 aromatic heterocycles. The lowest BCUT2D eigenvalue weighted by Crippen LogP contribution is -2.47. The first-order chi connectivity index (χ1) is 21.6. The molecule has 3 aliphatic rings. The highest BCUT2D eigenvalue weighted by Crippen LogP contribution is 2.45. The molecule has 17 nitrogen and oxygen atoms in total. The molecule has 260 valence electrons. The standard InChI is InChI=1S/C28H49N8O9P/c1-14(2)10-17(24(38)42-6)34-46(41,35-18(11-15(3)4)25(39)43-7)44-12-19-21(37)28(5,40)26(45-19)36-13-30-20-22(31-16-8-9-16)32-27(29)33-23(20)36/h13-19,21,26-27,33,37,40H,8-12,29H2,1-7H3,(H,31,32)(H2,34,35,41)/t17?,18?,19-,21?,26-,27?,28?,46?/m1/s1. The number of nitrogens with one attached hydrogen (secondary N) is 4. The summed E-state index contributed by atoms with van der Waals surface area (Å²) in [4.78, 5) is 34.2. The number of carbonyl (C=O) groups excluding carboxylic acids is 2. The van der Waals surface area contributed by atoms with E-state index in [9.17, 15) is 24.4 Å². The zero-order valence-corrected chi connectivity index (χ0v) is 28.3. The predicted octanol–water partition coefficient (Wildman–Crippen LogP) is 0.538. The number of aliphatic imine (C=N–C) groups is 1. The first-order valence-electron chi connectivity index (χ1n) is 15.5. The number of hydrogen-bond acceptors (Lipinski definition) is 14. The molecule has 0 spiro atoms. The molecule has 1 aromatic rings. The number of rotatable bonds is 15. The summed E-state index contributed by atoms with van der Waals surface area (Å²) in [6.07, 6.45) is -0.713. The number of nitrogens with zero attached hydrogens (tertiary/aromatic N) is 3. The smallest absolute Gasteiger partial charge is 0.342 e. The van der Waals surface area contributed by atoms with Crippen LogP contribution in [0.4, 0.5) is 5.82 Å². The van der Waals surface area contributed by atoms with Gasteiger partial charge in [0, 0.05) is 6.04 Å². The van der Waals surface area contributed by atoms with Crippen molar-refractivity contribution in [1.29, 1.82) is 0 Å². The Kier molecular flexibility index (Phi) is 11.5. The molecule has 7 atom stereocenters. The molecule has 0 aromatic carbocycles. The van der Waals surface area contributed by atoms with Gasteiger partial charge in [-0.2, -0.15) is 0 Å². The van der Waals surface area contributed by atoms with Crippen LogP contribution in [-0.2, 0) is 32.9 Å². The van der Waals surface area contributed by atoms with Crippen LogP contribution in [-0.4, -0.2) is 101 Å². The molecule has 1 saturated carbocycles. The van der Waals surface area contributed by atoms with Crippen LogP contribution in [0.3, 0.4) is 0 Å². The van der Waals surface area contributed by atoms with Gasteiger partial charge in [-0.25, -0.2) is 20.2 Å². The van der Waals surface area contributed by atoms with Crippen molar-refractivity contribution in [2.45, 2.75) is 109 Å². The molecular weight excluding hydrogens is 623 g/mol. The number of carbonyl (C=O) groups is 2. The second kappa shape index (κ2) is 14.6. The minimum atomic E-state index is -4.27. The van der Waals surface area contributed by atoms with Gasteiger partial charge >= 0.3 is 19.6 Å². The Morgan fingerprint density at radius 1 is 1.15 bits per heavy atom. The number of methoxy groups -OCH3 is 2. The minimum absolute atomic E-state index is 0.000771. The van der Waals surface area contributed by atoms with E-state index in [1.165, 1.54) is 32.0 Å². The Morgan fingerprint density at radius 3 is 2.22 bits per heavy atom. The summed E-state index contributed by atoms with van der Waals surface area (Å²) in [5, 5.41) is 34.5. The Hall–Kier alpha value is -2.63. The molecule has 1 saturated heterocycles. The number of imidazole rings is 1. The van der Waals surface area contributed by atoms with Crippen molar-refractivity contribution in [3.63, 3.8) is 0 Å². The third-order valence-electron chi connectivity index (χ3n) is 7.95. The summed E-state index contributed by atoms with van der Waals surface area (Å²) in [6.45, 7) is 8.42. The number of nitrogens with two attached hydrogens (primary N) is 1. The number of aliphatic hydroxyl groups excluding tert-OH is 1. The molecule has 0 amide bonds. The average Bonchev–Trinajstić information content (AvgIpc) is 3.65. The van der Waals surface area contributed by atoms with Crippen molar-refractivity contribution < 1.29 is 43.1 Å². The second-order valence-corrected chi connectivity index (χ2v) is 14.9. The molecule has 1 aliphatic carbocycles. The molecular formula is C28H49N8O9P. The van der Waals surface area contributed by atoms with Gasteiger partial charge < -0.3 is 39.6 Å². The van der Waals surface area contributed by atoms with Crippen LogP contribution < -0.4 is 26.5 Å². The summed E-state index contributed by atoms with van der Waals surface area (Å²) >= 11 is 0. The SMILES string of the molecule is COC(=O)C(CC(C)C)NP(=O)(NC(CC(C)C)C(=O)OC)OC[C@H]1O[C@@H](n2cnc3c2NC(N)N=C3NC2CC2)C(C)(O)C1O. The number of fused-ring (bicyclic) bond motifs is 1. The average molecular weight is 673 g/mol. The molecule has 2 fully saturated rings. The first-order valence-corrected chi connectivity index (χ1v) is 17.2. The van der Waals surface area contributed by atoms with Crippen molar-refractivity contribution in [2.24, 2.45) is 22.6 Å². The zero-order chi connectivity index (χ0) is 34.0. The largest absolute Gasteiger partial charge is 0.468 e. The molecule has 4 rings (SSSR count). The third kappa shape index (κ3) is 8.44. The highest BCUT2D eigenvalue weighted by atomic mass is 31.2. The summed E-state index contributed by atoms with van der Waals surface area (Å²) in [6, 6.07) is -1.83. The number of hydrogen-bond donors (Lipinski definition) is 7. The highest BCUT2D eigenvalue weighted by Gasteiger charge is 2.54. The summed E-state index contributed by atoms with van der Waals surface area (Å²) in [5.41, 5.74) is 4.74. The lowest BCUT2D eigenvalue weighted by atomic mass is 9.96. The molecule has 8 N–H and O–H groups in total. The topological polar surface area (TPSA) is 233 Å². The monoisotopic (exact) mass is 672 g/mol. The fourth-order valence-corrected chi connectivity index (χ4v) is 7.29. The van der Waals surface area contributed by atoms with Gasteiger partial charge in [-0.15, -0.1) is 0 Å². The van der Waals surface area contributed by atoms with Crippen LogP contribution in [0.25, 0.3) is 0 Å². The fraction of sp³-hybridized carbons (Fsp3) is 0.786. The van der Waals surface area contributed by atoms with Crippen LogP contribution in [0.15, 0.2) is 11.3 Å². The van der Waals surface area contributed by atoms with E-state index in [2.05, 4.69) is 30.8 Å². The maximum atomic E-state index is 14.4. The van der Waals surface area contributed by atoms with Crippen LogP contribution >= 0.6 is 7.67 Å². The fourth-order valence-electron chi connectivity index (χ4n) is 5.46. The normalized spacial score (nSPS) is 28.6. The van der Waals surface area contributed by atoms with Crippen molar-refractivity contribution in [3.05, 3.63) is 12.0 Å². The van der Waals surface area contributed by atoms with E-state index < -0.39 is 68.6 Å². The summed E-state index contributed by atoms with van der Waals surface area (Å²) in [5.74, 6) is -0.397. The highest BCUT2D eigenvalue weighted by molar-refractivity contribution is 7.54. The predicted molar refractivity (Wildman–Crippen MR) is 167 cm³/mol. The number of esters is 2. The van der Waals surface area contributed by atoms with Crippen LogP contribution in [0.2, 0.25) is 0 Å². The molecule has 46 heavy (non-hydrogen) atoms. The number of aromatic nitrogens is 2. The van der Waals surface area contributed by atoms with E-state index in [1.807, 2.05) is 27.7 Å². The second-order valence-electron chi connectivity index (χ2n) is 13.0. The maximum Gasteiger partial charge on any atom is 0.342 e.